The second kappa shape index (κ2) is 9.55. The first-order chi connectivity index (χ1) is 15.2. The van der Waals surface area contributed by atoms with Gasteiger partial charge in [-0.25, -0.2) is 4.98 Å². The molecule has 1 fully saturated rings. The molecule has 0 radical (unpaired) electrons. The van der Waals surface area contributed by atoms with Crippen LogP contribution in [-0.4, -0.2) is 62.7 Å². The van der Waals surface area contributed by atoms with Crippen LogP contribution in [0.25, 0.3) is 11.1 Å². The lowest BCUT2D eigenvalue weighted by atomic mass is 9.91. The molecule has 1 atom stereocenters. The molecule has 160 valence electrons. The van der Waals surface area contributed by atoms with Crippen LogP contribution in [0, 0.1) is 5.92 Å². The van der Waals surface area contributed by atoms with E-state index in [0.717, 1.165) is 23.1 Å². The zero-order valence-electron chi connectivity index (χ0n) is 17.7. The van der Waals surface area contributed by atoms with Gasteiger partial charge in [-0.3, -0.25) is 14.6 Å². The molecule has 1 aliphatic heterocycles. The second-order valence-electron chi connectivity index (χ2n) is 7.84. The van der Waals surface area contributed by atoms with Crippen molar-refractivity contribution in [2.24, 2.45) is 5.92 Å². The van der Waals surface area contributed by atoms with Gasteiger partial charge in [-0.15, -0.1) is 0 Å². The first kappa shape index (κ1) is 20.8. The Labute approximate surface area is 182 Å². The van der Waals surface area contributed by atoms with E-state index in [0.29, 0.717) is 38.3 Å². The van der Waals surface area contributed by atoms with Crippen LogP contribution in [0.1, 0.15) is 29.4 Å². The number of H-pyrrole nitrogens is 1. The maximum atomic E-state index is 13.4. The maximum absolute atomic E-state index is 13.4. The average Bonchev–Trinajstić information content (AvgIpc) is 3.30. The summed E-state index contributed by atoms with van der Waals surface area (Å²) in [4.78, 5) is 41.0. The minimum atomic E-state index is -0.302. The fourth-order valence-electron chi connectivity index (χ4n) is 4.19. The number of pyridine rings is 1. The highest BCUT2D eigenvalue weighted by Gasteiger charge is 2.33. The summed E-state index contributed by atoms with van der Waals surface area (Å²) in [5.41, 5.74) is 3.71. The van der Waals surface area contributed by atoms with Crippen LogP contribution in [0.2, 0.25) is 0 Å². The normalized spacial score (nSPS) is 16.9. The molecule has 3 aromatic rings. The molecule has 1 aromatic carbocycles. The SMILES string of the molecule is CCCN1CCN(C(=O)c2cnc[nH]2)C[C@H](Cc2ccccc2-c2ccncc2)C1=O. The Morgan fingerprint density at radius 2 is 1.94 bits per heavy atom. The zero-order valence-corrected chi connectivity index (χ0v) is 17.7. The standard InChI is InChI=1S/C24H27N5O2/c1-2-11-28-12-13-29(24(31)22-15-26-17-27-22)16-20(23(28)30)14-19-5-3-4-6-21(19)18-7-9-25-10-8-18/h3-10,15,17,20H,2,11-14,16H2,1H3,(H,26,27)/t20-/m0/s1. The van der Waals surface area contributed by atoms with E-state index in [1.165, 1.54) is 12.5 Å². The molecule has 0 spiro atoms. The second-order valence-corrected chi connectivity index (χ2v) is 7.84. The van der Waals surface area contributed by atoms with Crippen LogP contribution >= 0.6 is 0 Å². The lowest BCUT2D eigenvalue weighted by molar-refractivity contribution is -0.134. The molecule has 4 rings (SSSR count). The number of amides is 2. The largest absolute Gasteiger partial charge is 0.341 e. The van der Waals surface area contributed by atoms with Crippen LogP contribution in [0.15, 0.2) is 61.3 Å². The van der Waals surface area contributed by atoms with Crippen molar-refractivity contribution in [3.8, 4) is 11.1 Å². The van der Waals surface area contributed by atoms with E-state index < -0.39 is 0 Å². The van der Waals surface area contributed by atoms with Crippen LogP contribution in [0.4, 0.5) is 0 Å². The van der Waals surface area contributed by atoms with E-state index in [2.05, 4.69) is 34.0 Å². The van der Waals surface area contributed by atoms with Crippen molar-refractivity contribution in [3.63, 3.8) is 0 Å². The minimum Gasteiger partial charge on any atom is -0.341 e. The summed E-state index contributed by atoms with van der Waals surface area (Å²) in [6.45, 7) is 4.23. The first-order valence-electron chi connectivity index (χ1n) is 10.7. The number of carbonyl (C=O) groups excluding carboxylic acids is 2. The average molecular weight is 418 g/mol. The third-order valence-electron chi connectivity index (χ3n) is 5.73. The van der Waals surface area contributed by atoms with Gasteiger partial charge in [0.05, 0.1) is 18.4 Å². The fraction of sp³-hybridized carbons (Fsp3) is 0.333. The van der Waals surface area contributed by atoms with Gasteiger partial charge in [-0.1, -0.05) is 31.2 Å². The predicted molar refractivity (Wildman–Crippen MR) is 118 cm³/mol. The zero-order chi connectivity index (χ0) is 21.6. The van der Waals surface area contributed by atoms with Crippen molar-refractivity contribution in [1.29, 1.82) is 0 Å². The third-order valence-corrected chi connectivity index (χ3v) is 5.73. The Morgan fingerprint density at radius 3 is 2.68 bits per heavy atom. The van der Waals surface area contributed by atoms with Crippen LogP contribution in [0.5, 0.6) is 0 Å². The minimum absolute atomic E-state index is 0.115. The molecule has 1 N–H and O–H groups in total. The molecule has 3 heterocycles. The molecule has 1 aliphatic rings. The Hall–Kier alpha value is -3.48. The number of nitrogens with one attached hydrogen (secondary N) is 1. The fourth-order valence-corrected chi connectivity index (χ4v) is 4.19. The van der Waals surface area contributed by atoms with Gasteiger partial charge in [0.2, 0.25) is 5.91 Å². The van der Waals surface area contributed by atoms with Crippen LogP contribution < -0.4 is 0 Å². The van der Waals surface area contributed by atoms with Gasteiger partial charge in [0, 0.05) is 38.6 Å². The van der Waals surface area contributed by atoms with E-state index in [-0.39, 0.29) is 17.7 Å². The molecule has 0 saturated carbocycles. The van der Waals surface area contributed by atoms with Crippen molar-refractivity contribution in [2.45, 2.75) is 19.8 Å². The Balaban J connectivity index is 1.63. The van der Waals surface area contributed by atoms with E-state index in [1.54, 1.807) is 17.3 Å². The molecular formula is C24H27N5O2. The van der Waals surface area contributed by atoms with Crippen molar-refractivity contribution >= 4 is 11.8 Å². The molecule has 7 nitrogen and oxygen atoms in total. The van der Waals surface area contributed by atoms with E-state index in [4.69, 9.17) is 0 Å². The smallest absolute Gasteiger partial charge is 0.271 e. The predicted octanol–water partition coefficient (Wildman–Crippen LogP) is 3.03. The van der Waals surface area contributed by atoms with E-state index in [9.17, 15) is 9.59 Å². The molecule has 2 aromatic heterocycles. The van der Waals surface area contributed by atoms with E-state index >= 15 is 0 Å². The number of carbonyl (C=O) groups is 2. The number of imidazole rings is 1. The van der Waals surface area contributed by atoms with Gasteiger partial charge in [0.15, 0.2) is 0 Å². The number of hydrogen-bond acceptors (Lipinski definition) is 4. The van der Waals surface area contributed by atoms with Crippen LogP contribution in [-0.2, 0) is 11.2 Å². The van der Waals surface area contributed by atoms with Crippen molar-refractivity contribution < 1.29 is 9.59 Å². The molecule has 1 saturated heterocycles. The molecule has 0 aliphatic carbocycles. The number of nitrogens with zero attached hydrogens (tertiary/aromatic N) is 4. The Kier molecular flexibility index (Phi) is 6.40. The van der Waals surface area contributed by atoms with Gasteiger partial charge in [0.1, 0.15) is 5.69 Å². The number of aromatic amines is 1. The molecular weight excluding hydrogens is 390 g/mol. The highest BCUT2D eigenvalue weighted by atomic mass is 16.2. The molecule has 31 heavy (non-hydrogen) atoms. The van der Waals surface area contributed by atoms with Crippen LogP contribution in [0.3, 0.4) is 0 Å². The first-order valence-corrected chi connectivity index (χ1v) is 10.7. The lowest BCUT2D eigenvalue weighted by Crippen LogP contribution is -2.38. The summed E-state index contributed by atoms with van der Waals surface area (Å²) >= 11 is 0. The van der Waals surface area contributed by atoms with Crippen molar-refractivity contribution in [3.05, 3.63) is 72.6 Å². The number of benzene rings is 1. The summed E-state index contributed by atoms with van der Waals surface area (Å²) in [5.74, 6) is -0.300. The van der Waals surface area contributed by atoms with Gasteiger partial charge in [-0.05, 0) is 41.7 Å². The quantitative estimate of drug-likeness (QED) is 0.668. The molecule has 2 amide bonds. The summed E-state index contributed by atoms with van der Waals surface area (Å²) in [5, 5.41) is 0. The lowest BCUT2D eigenvalue weighted by Gasteiger charge is -2.24. The van der Waals surface area contributed by atoms with Gasteiger partial charge in [-0.2, -0.15) is 0 Å². The number of aromatic nitrogens is 3. The summed E-state index contributed by atoms with van der Waals surface area (Å²) in [6.07, 6.45) is 8.05. The molecule has 7 heteroatoms. The van der Waals surface area contributed by atoms with Gasteiger partial charge < -0.3 is 14.8 Å². The van der Waals surface area contributed by atoms with Gasteiger partial charge in [0.25, 0.3) is 5.91 Å². The summed E-state index contributed by atoms with van der Waals surface area (Å²) in [7, 11) is 0. The van der Waals surface area contributed by atoms with Crippen molar-refractivity contribution in [1.82, 2.24) is 24.8 Å². The Morgan fingerprint density at radius 1 is 1.13 bits per heavy atom. The monoisotopic (exact) mass is 417 g/mol. The summed E-state index contributed by atoms with van der Waals surface area (Å²) in [6, 6.07) is 12.1. The van der Waals surface area contributed by atoms with Crippen molar-refractivity contribution in [2.75, 3.05) is 26.2 Å². The van der Waals surface area contributed by atoms with E-state index in [1.807, 2.05) is 29.2 Å². The van der Waals surface area contributed by atoms with Gasteiger partial charge >= 0.3 is 0 Å². The maximum Gasteiger partial charge on any atom is 0.271 e. The molecule has 0 unspecified atom stereocenters. The number of hydrogen-bond donors (Lipinski definition) is 1. The highest BCUT2D eigenvalue weighted by molar-refractivity contribution is 5.93. The number of rotatable bonds is 6. The highest BCUT2D eigenvalue weighted by Crippen LogP contribution is 2.27. The third kappa shape index (κ3) is 4.66. The summed E-state index contributed by atoms with van der Waals surface area (Å²) < 4.78 is 0. The Bertz CT molecular complexity index is 1020. The molecule has 0 bridgehead atoms. The topological polar surface area (TPSA) is 82.2 Å².